The maximum absolute atomic E-state index is 4.70. The Kier molecular flexibility index (Phi) is 34.0. The molecule has 0 spiro atoms. The van der Waals surface area contributed by atoms with E-state index < -0.39 is 0 Å². The SMILES string of the molecule is [CH3-].[CH3-].[CH3-].[Cl][Ti+].[Cl][Ti+].[Ti+2].[Ti+2].[Ti+2].c1ccc([N-]c2ccccc2)cc1.c1ccc2c(c1)CCc1ccccc1[N-]2.c1ccc2c(c1)CCc1ccccc1[N-]2.c1ccc2c(c1)[n-]c1ccccc12.c1ccc2c(c1)[n-]c1ccccc12. The number of benzene rings is 10. The minimum absolute atomic E-state index is 0. The minimum atomic E-state index is 0. The van der Waals surface area contributed by atoms with E-state index >= 15 is 0 Å². The van der Waals surface area contributed by atoms with Gasteiger partial charge in [-0.15, -0.1) is 56.2 Å². The number of fused-ring (bicyclic) bond motifs is 10. The van der Waals surface area contributed by atoms with Gasteiger partial charge in [0.25, 0.3) is 0 Å². The molecule has 0 atom stereocenters. The molecule has 12 heteroatoms. The van der Waals surface area contributed by atoms with Gasteiger partial charge in [-0.05, 0) is 47.2 Å². The molecule has 0 saturated carbocycles. The predicted octanol–water partition coefficient (Wildman–Crippen LogP) is 20.9. The quantitative estimate of drug-likeness (QED) is 0.128. The molecule has 0 fully saturated rings. The van der Waals surface area contributed by atoms with Gasteiger partial charge in [0.1, 0.15) is 0 Å². The Morgan fingerprint density at radius 3 is 0.722 bits per heavy atom. The first-order valence-electron chi connectivity index (χ1n) is 24.0. The zero-order valence-corrected chi connectivity index (χ0v) is 53.9. The monoisotopic (exact) mass is 1240 g/mol. The molecular weight excluding hydrogens is 1190 g/mol. The predicted molar refractivity (Wildman–Crippen MR) is 322 cm³/mol. The van der Waals surface area contributed by atoms with Gasteiger partial charge in [0.2, 0.25) is 0 Å². The fourth-order valence-electron chi connectivity index (χ4n) is 8.73. The number of para-hydroxylation sites is 10. The molecule has 12 aromatic rings. The molecule has 5 nitrogen and oxygen atoms in total. The Bertz CT molecular complexity index is 3170. The van der Waals surface area contributed by atoms with Crippen molar-refractivity contribution in [1.82, 2.24) is 9.97 Å². The van der Waals surface area contributed by atoms with E-state index in [4.69, 9.17) is 10.6 Å². The van der Waals surface area contributed by atoms with E-state index in [-0.39, 0.29) is 87.4 Å². The average molecular weight is 1240 g/mol. The van der Waals surface area contributed by atoms with Crippen LogP contribution in [0.15, 0.2) is 255 Å². The van der Waals surface area contributed by atoms with Gasteiger partial charge in [-0.1, -0.05) is 277 Å². The largest absolute Gasteiger partial charge is 2.00 e. The maximum Gasteiger partial charge on any atom is 2.00 e. The van der Waals surface area contributed by atoms with E-state index in [1.807, 2.05) is 84.9 Å². The number of aromatic nitrogens is 2. The second-order valence-electron chi connectivity index (χ2n) is 16.8. The number of halogens is 2. The average Bonchev–Trinajstić information content (AvgIpc) is 3.90. The molecule has 14 rings (SSSR count). The van der Waals surface area contributed by atoms with Crippen LogP contribution in [-0.4, -0.2) is 0 Å². The first-order valence-corrected chi connectivity index (χ1v) is 28.3. The molecule has 0 aliphatic carbocycles. The van der Waals surface area contributed by atoms with Crippen molar-refractivity contribution in [2.45, 2.75) is 25.7 Å². The third-order valence-corrected chi connectivity index (χ3v) is 12.2. The van der Waals surface area contributed by atoms with Gasteiger partial charge in [0.05, 0.1) is 0 Å². The smallest absolute Gasteiger partial charge is 0.658 e. The van der Waals surface area contributed by atoms with Gasteiger partial charge in [-0.25, -0.2) is 0 Å². The maximum atomic E-state index is 4.70. The van der Waals surface area contributed by atoms with Gasteiger partial charge >= 0.3 is 123 Å². The molecule has 2 aliphatic rings. The zero-order valence-electron chi connectivity index (χ0n) is 44.6. The Balaban J connectivity index is 0.000000326. The fourth-order valence-corrected chi connectivity index (χ4v) is 8.73. The summed E-state index contributed by atoms with van der Waals surface area (Å²) in [6.45, 7) is 0. The van der Waals surface area contributed by atoms with Crippen molar-refractivity contribution in [2.75, 3.05) is 0 Å². The van der Waals surface area contributed by atoms with Crippen LogP contribution in [0.4, 0.5) is 34.1 Å². The van der Waals surface area contributed by atoms with Crippen LogP contribution < -0.4 is 9.97 Å². The van der Waals surface area contributed by atoms with Gasteiger partial charge < -0.3 is 48.2 Å². The summed E-state index contributed by atoms with van der Waals surface area (Å²) in [5.74, 6) is 0. The number of nitrogens with zero attached hydrogens (tertiary/aromatic N) is 5. The summed E-state index contributed by atoms with van der Waals surface area (Å²) in [5.41, 5.74) is 16.3. The van der Waals surface area contributed by atoms with Crippen molar-refractivity contribution in [2.24, 2.45) is 0 Å². The number of aryl methyl sites for hydroxylation is 4. The van der Waals surface area contributed by atoms with Crippen LogP contribution in [0.25, 0.3) is 59.6 Å². The van der Waals surface area contributed by atoms with Crippen LogP contribution in [0.3, 0.4) is 0 Å². The fraction of sp³-hybridized carbons (Fsp3) is 0.0597. The van der Waals surface area contributed by atoms with Crippen LogP contribution in [0.1, 0.15) is 22.3 Å². The van der Waals surface area contributed by atoms with E-state index in [9.17, 15) is 0 Å². The summed E-state index contributed by atoms with van der Waals surface area (Å²) in [6, 6.07) is 86.5. The molecular formula is C67H59Cl2N5Ti5. The Labute approximate surface area is 545 Å². The summed E-state index contributed by atoms with van der Waals surface area (Å²) < 4.78 is 0. The number of rotatable bonds is 2. The molecule has 0 radical (unpaired) electrons. The van der Waals surface area contributed by atoms with Gasteiger partial charge in [0.15, 0.2) is 0 Å². The third-order valence-electron chi connectivity index (χ3n) is 12.2. The molecule has 79 heavy (non-hydrogen) atoms. The van der Waals surface area contributed by atoms with E-state index in [1.165, 1.54) is 82.5 Å². The van der Waals surface area contributed by atoms with E-state index in [2.05, 4.69) is 204 Å². The van der Waals surface area contributed by atoms with Crippen LogP contribution in [0.5, 0.6) is 0 Å². The minimum Gasteiger partial charge on any atom is -0.658 e. The van der Waals surface area contributed by atoms with Crippen molar-refractivity contribution in [3.05, 3.63) is 315 Å². The van der Waals surface area contributed by atoms with Crippen LogP contribution in [0.2, 0.25) is 0 Å². The summed E-state index contributed by atoms with van der Waals surface area (Å²) in [7, 11) is 9.28. The molecule has 2 aliphatic heterocycles. The van der Waals surface area contributed by atoms with Crippen molar-refractivity contribution < 1.29 is 104 Å². The van der Waals surface area contributed by atoms with Crippen molar-refractivity contribution in [1.29, 1.82) is 0 Å². The first kappa shape index (κ1) is 70.5. The van der Waals surface area contributed by atoms with Gasteiger partial charge in [0, 0.05) is 0 Å². The Morgan fingerprint density at radius 1 is 0.266 bits per heavy atom. The molecule has 0 bridgehead atoms. The summed E-state index contributed by atoms with van der Waals surface area (Å²) >= 11 is 2.94. The topological polar surface area (TPSA) is 70.5 Å². The molecule has 0 unspecified atom stereocenters. The van der Waals surface area contributed by atoms with Crippen molar-refractivity contribution in [3.8, 4) is 0 Å². The van der Waals surface area contributed by atoms with Crippen molar-refractivity contribution >= 4 is 96.3 Å². The van der Waals surface area contributed by atoms with Crippen LogP contribution in [0, 0.1) is 22.3 Å². The third kappa shape index (κ3) is 19.8. The summed E-state index contributed by atoms with van der Waals surface area (Å²) in [4.78, 5) is 9.03. The standard InChI is InChI=1S/2C14H12N.2C12H8N.C12H10N.3CH3.2ClH.5Ti/c2*1-3-7-13-11(5-1)9-10-12-6-2-4-8-14(12)15-13;2*1-3-7-11-9(5-1)10-6-2-4-8-12(10)13-11;1-3-7-11(8-4-1)13-12-9-5-2-6-10-12;;;;;;;;;;/h2*1-8H,9-10H2;2*1-8H;1-10H;3*1H3;2*1H;;;;;/q8*-1;;;5*+2/p-2. The number of hydrogen-bond acceptors (Lipinski definition) is 0. The Hall–Kier alpha value is -4.65. The van der Waals surface area contributed by atoms with E-state index in [0.717, 1.165) is 81.9 Å². The van der Waals surface area contributed by atoms with Gasteiger partial charge in [-0.3, -0.25) is 0 Å². The second kappa shape index (κ2) is 38.1. The molecule has 2 aromatic heterocycles. The second-order valence-corrected chi connectivity index (χ2v) is 16.8. The summed E-state index contributed by atoms with van der Waals surface area (Å²) in [6.07, 6.45) is 4.38. The molecule has 0 saturated heterocycles. The molecule has 0 amide bonds. The van der Waals surface area contributed by atoms with Gasteiger partial charge in [-0.2, -0.15) is 0 Å². The first-order chi connectivity index (χ1) is 36.2. The molecule has 0 N–H and O–H groups in total. The number of hydrogen-bond donors (Lipinski definition) is 0. The molecule has 10 aromatic carbocycles. The molecule has 386 valence electrons. The van der Waals surface area contributed by atoms with Crippen LogP contribution >= 0.6 is 18.6 Å². The molecule has 4 heterocycles. The Morgan fingerprint density at radius 2 is 0.468 bits per heavy atom. The van der Waals surface area contributed by atoms with E-state index in [0.29, 0.717) is 0 Å². The summed E-state index contributed by atoms with van der Waals surface area (Å²) in [5, 5.41) is 18.8. The van der Waals surface area contributed by atoms with Crippen LogP contribution in [-0.2, 0) is 130 Å². The van der Waals surface area contributed by atoms with E-state index in [1.54, 1.807) is 0 Å². The van der Waals surface area contributed by atoms with Crippen molar-refractivity contribution in [3.63, 3.8) is 0 Å². The zero-order chi connectivity index (χ0) is 50.5. The normalized spacial score (nSPS) is 10.4.